The van der Waals surface area contributed by atoms with Crippen LogP contribution in [0.5, 0.6) is 0 Å². The maximum Gasteiger partial charge on any atom is 0.225 e. The highest BCUT2D eigenvalue weighted by molar-refractivity contribution is 5.84. The van der Waals surface area contributed by atoms with Crippen LogP contribution in [0.1, 0.15) is 43.4 Å². The molecule has 0 bridgehead atoms. The number of piperidine rings is 1. The lowest BCUT2D eigenvalue weighted by Crippen LogP contribution is -2.46. The summed E-state index contributed by atoms with van der Waals surface area (Å²) in [7, 11) is 1.79. The van der Waals surface area contributed by atoms with E-state index >= 15 is 0 Å². The van der Waals surface area contributed by atoms with Gasteiger partial charge in [-0.2, -0.15) is 0 Å². The Kier molecular flexibility index (Phi) is 6.79. The molecule has 5 heteroatoms. The summed E-state index contributed by atoms with van der Waals surface area (Å²) in [6, 6.07) is 7.90. The molecule has 1 saturated heterocycles. The second-order valence-electron chi connectivity index (χ2n) is 6.35. The standard InChI is InChI=1S/C19H28N2O3/c1-4-24-13-5-12-20-19(23)16-10-11-17(22)21(3)18(16)15-8-6-14(2)7-9-15/h6-9,16,18H,4-5,10-13H2,1-3H3,(H,20,23)/t16-,18-/m0/s1. The summed E-state index contributed by atoms with van der Waals surface area (Å²) in [6.07, 6.45) is 1.82. The zero-order valence-electron chi connectivity index (χ0n) is 14.9. The number of nitrogens with one attached hydrogen (secondary N) is 1. The Bertz CT molecular complexity index is 556. The minimum atomic E-state index is -0.206. The quantitative estimate of drug-likeness (QED) is 0.780. The minimum Gasteiger partial charge on any atom is -0.382 e. The summed E-state index contributed by atoms with van der Waals surface area (Å²) < 4.78 is 5.29. The Hall–Kier alpha value is -1.88. The van der Waals surface area contributed by atoms with Crippen LogP contribution in [0, 0.1) is 12.8 Å². The molecule has 24 heavy (non-hydrogen) atoms. The molecule has 0 radical (unpaired) electrons. The SMILES string of the molecule is CCOCCCNC(=O)[C@H]1CCC(=O)N(C)[C@H]1c1ccc(C)cc1. The first kappa shape index (κ1) is 18.5. The van der Waals surface area contributed by atoms with E-state index in [9.17, 15) is 9.59 Å². The number of carbonyl (C=O) groups excluding carboxylic acids is 2. The van der Waals surface area contributed by atoms with Crippen LogP contribution < -0.4 is 5.32 Å². The predicted octanol–water partition coefficient (Wildman–Crippen LogP) is 2.45. The van der Waals surface area contributed by atoms with Crippen molar-refractivity contribution >= 4 is 11.8 Å². The largest absolute Gasteiger partial charge is 0.382 e. The average molecular weight is 332 g/mol. The summed E-state index contributed by atoms with van der Waals surface area (Å²) in [5.41, 5.74) is 2.19. The van der Waals surface area contributed by atoms with Crippen LogP contribution in [-0.4, -0.2) is 43.5 Å². The molecular formula is C19H28N2O3. The highest BCUT2D eigenvalue weighted by Crippen LogP contribution is 2.35. The van der Waals surface area contributed by atoms with Crippen molar-refractivity contribution in [3.63, 3.8) is 0 Å². The van der Waals surface area contributed by atoms with Crippen molar-refractivity contribution in [1.82, 2.24) is 10.2 Å². The van der Waals surface area contributed by atoms with E-state index in [-0.39, 0.29) is 23.8 Å². The molecular weight excluding hydrogens is 304 g/mol. The molecule has 1 heterocycles. The van der Waals surface area contributed by atoms with Gasteiger partial charge in [0.1, 0.15) is 0 Å². The monoisotopic (exact) mass is 332 g/mol. The summed E-state index contributed by atoms with van der Waals surface area (Å²) in [6.45, 7) is 5.94. The normalized spacial score (nSPS) is 21.0. The fourth-order valence-corrected chi connectivity index (χ4v) is 3.19. The Labute approximate surface area is 144 Å². The third kappa shape index (κ3) is 4.57. The molecule has 2 amide bonds. The molecule has 0 saturated carbocycles. The van der Waals surface area contributed by atoms with Crippen LogP contribution in [0.3, 0.4) is 0 Å². The molecule has 1 aliphatic heterocycles. The van der Waals surface area contributed by atoms with Crippen LogP contribution in [0.25, 0.3) is 0 Å². The van der Waals surface area contributed by atoms with E-state index in [1.165, 1.54) is 5.56 Å². The number of benzene rings is 1. The van der Waals surface area contributed by atoms with Crippen LogP contribution in [0.15, 0.2) is 24.3 Å². The molecule has 2 rings (SSSR count). The van der Waals surface area contributed by atoms with Gasteiger partial charge in [0.25, 0.3) is 0 Å². The molecule has 1 fully saturated rings. The average Bonchev–Trinajstić information content (AvgIpc) is 2.58. The molecule has 132 valence electrons. The van der Waals surface area contributed by atoms with Crippen LogP contribution in [0.4, 0.5) is 0 Å². The third-order valence-corrected chi connectivity index (χ3v) is 4.59. The number of hydrogen-bond acceptors (Lipinski definition) is 3. The zero-order valence-corrected chi connectivity index (χ0v) is 14.9. The first-order valence-electron chi connectivity index (χ1n) is 8.72. The van der Waals surface area contributed by atoms with E-state index < -0.39 is 0 Å². The van der Waals surface area contributed by atoms with Gasteiger partial charge in [-0.3, -0.25) is 9.59 Å². The molecule has 0 unspecified atom stereocenters. The Balaban J connectivity index is 2.06. The molecule has 1 aromatic rings. The van der Waals surface area contributed by atoms with E-state index in [1.807, 2.05) is 38.1 Å². The van der Waals surface area contributed by atoms with Crippen LogP contribution in [0.2, 0.25) is 0 Å². The van der Waals surface area contributed by atoms with Gasteiger partial charge in [-0.15, -0.1) is 0 Å². The zero-order chi connectivity index (χ0) is 17.5. The smallest absolute Gasteiger partial charge is 0.225 e. The van der Waals surface area contributed by atoms with Crippen molar-refractivity contribution in [2.24, 2.45) is 5.92 Å². The number of carbonyl (C=O) groups is 2. The predicted molar refractivity (Wildman–Crippen MR) is 93.5 cm³/mol. The maximum atomic E-state index is 12.6. The van der Waals surface area contributed by atoms with Gasteiger partial charge in [-0.25, -0.2) is 0 Å². The molecule has 0 aliphatic carbocycles. The van der Waals surface area contributed by atoms with Gasteiger partial charge in [0.15, 0.2) is 0 Å². The van der Waals surface area contributed by atoms with Gasteiger partial charge in [0, 0.05) is 33.2 Å². The second kappa shape index (κ2) is 8.83. The second-order valence-corrected chi connectivity index (χ2v) is 6.35. The van der Waals surface area contributed by atoms with Crippen molar-refractivity contribution in [3.8, 4) is 0 Å². The first-order chi connectivity index (χ1) is 11.5. The van der Waals surface area contributed by atoms with Gasteiger partial charge >= 0.3 is 0 Å². The summed E-state index contributed by atoms with van der Waals surface area (Å²) in [5, 5.41) is 3.00. The van der Waals surface area contributed by atoms with Crippen molar-refractivity contribution in [3.05, 3.63) is 35.4 Å². The van der Waals surface area contributed by atoms with Crippen molar-refractivity contribution < 1.29 is 14.3 Å². The first-order valence-corrected chi connectivity index (χ1v) is 8.72. The van der Waals surface area contributed by atoms with Crippen LogP contribution in [-0.2, 0) is 14.3 Å². The molecule has 0 aromatic heterocycles. The summed E-state index contributed by atoms with van der Waals surface area (Å²) in [5.74, 6) is -0.0834. The lowest BCUT2D eigenvalue weighted by molar-refractivity contribution is -0.141. The van der Waals surface area contributed by atoms with Gasteiger partial charge in [-0.1, -0.05) is 29.8 Å². The molecule has 5 nitrogen and oxygen atoms in total. The Morgan fingerprint density at radius 3 is 2.71 bits per heavy atom. The van der Waals surface area contributed by atoms with E-state index in [0.717, 1.165) is 12.0 Å². The summed E-state index contributed by atoms with van der Waals surface area (Å²) >= 11 is 0. The molecule has 1 aromatic carbocycles. The third-order valence-electron chi connectivity index (χ3n) is 4.59. The highest BCUT2D eigenvalue weighted by Gasteiger charge is 2.38. The van der Waals surface area contributed by atoms with Gasteiger partial charge < -0.3 is 15.0 Å². The fraction of sp³-hybridized carbons (Fsp3) is 0.579. The maximum absolute atomic E-state index is 12.6. The van der Waals surface area contributed by atoms with Crippen molar-refractivity contribution in [2.75, 3.05) is 26.8 Å². The van der Waals surface area contributed by atoms with Gasteiger partial charge in [-0.05, 0) is 32.3 Å². The minimum absolute atomic E-state index is 0.0245. The number of hydrogen-bond donors (Lipinski definition) is 1. The lowest BCUT2D eigenvalue weighted by Gasteiger charge is -2.38. The lowest BCUT2D eigenvalue weighted by atomic mass is 9.83. The van der Waals surface area contributed by atoms with Crippen molar-refractivity contribution in [1.29, 1.82) is 0 Å². The van der Waals surface area contributed by atoms with Crippen LogP contribution >= 0.6 is 0 Å². The number of nitrogens with zero attached hydrogens (tertiary/aromatic N) is 1. The van der Waals surface area contributed by atoms with E-state index in [1.54, 1.807) is 11.9 Å². The molecule has 0 spiro atoms. The Morgan fingerprint density at radius 2 is 2.04 bits per heavy atom. The number of rotatable bonds is 7. The molecule has 1 N–H and O–H groups in total. The van der Waals surface area contributed by atoms with Crippen molar-refractivity contribution in [2.45, 2.75) is 39.2 Å². The van der Waals surface area contributed by atoms with Gasteiger partial charge in [0.2, 0.25) is 11.8 Å². The molecule has 1 aliphatic rings. The van der Waals surface area contributed by atoms with E-state index in [0.29, 0.717) is 32.6 Å². The fourth-order valence-electron chi connectivity index (χ4n) is 3.19. The van der Waals surface area contributed by atoms with Gasteiger partial charge in [0.05, 0.1) is 12.0 Å². The number of aryl methyl sites for hydroxylation is 1. The molecule has 2 atom stereocenters. The van der Waals surface area contributed by atoms with E-state index in [2.05, 4.69) is 5.32 Å². The summed E-state index contributed by atoms with van der Waals surface area (Å²) in [4.78, 5) is 26.5. The highest BCUT2D eigenvalue weighted by atomic mass is 16.5. The number of amides is 2. The number of ether oxygens (including phenoxy) is 1. The van der Waals surface area contributed by atoms with E-state index in [4.69, 9.17) is 4.74 Å². The topological polar surface area (TPSA) is 58.6 Å². The number of likely N-dealkylation sites (tertiary alicyclic amines) is 1. The Morgan fingerprint density at radius 1 is 1.33 bits per heavy atom.